The van der Waals surface area contributed by atoms with Crippen molar-refractivity contribution >= 4 is 5.69 Å². The number of nitrogens with two attached hydrogens (primary N) is 1. The molecular weight excluding hydrogens is 160 g/mol. The van der Waals surface area contributed by atoms with Crippen LogP contribution in [0.15, 0.2) is 18.2 Å². The summed E-state index contributed by atoms with van der Waals surface area (Å²) in [5.41, 5.74) is 9.40. The summed E-state index contributed by atoms with van der Waals surface area (Å²) in [5, 5.41) is 0. The fourth-order valence-corrected chi connectivity index (χ4v) is 1.44. The first-order valence-corrected chi connectivity index (χ1v) is 4.63. The molecule has 0 amide bonds. The molecule has 0 heterocycles. The zero-order valence-electron chi connectivity index (χ0n) is 8.67. The van der Waals surface area contributed by atoms with Gasteiger partial charge in [-0.05, 0) is 31.0 Å². The molecule has 0 saturated heterocycles. The molecule has 0 aliphatic carbocycles. The summed E-state index contributed by atoms with van der Waals surface area (Å²) in [4.78, 5) is 2.20. The summed E-state index contributed by atoms with van der Waals surface area (Å²) < 4.78 is 0. The van der Waals surface area contributed by atoms with Crippen LogP contribution >= 0.6 is 0 Å². The van der Waals surface area contributed by atoms with Crippen molar-refractivity contribution in [3.05, 3.63) is 29.3 Å². The Bertz CT molecular complexity index is 281. The van der Waals surface area contributed by atoms with Gasteiger partial charge < -0.3 is 10.6 Å². The first kappa shape index (κ1) is 10.1. The van der Waals surface area contributed by atoms with Gasteiger partial charge in [0, 0.05) is 25.8 Å². The van der Waals surface area contributed by atoms with Crippen molar-refractivity contribution < 1.29 is 0 Å². The number of nitrogens with zero attached hydrogens (tertiary/aromatic N) is 1. The van der Waals surface area contributed by atoms with E-state index < -0.39 is 0 Å². The third-order valence-corrected chi connectivity index (χ3v) is 2.24. The molecule has 13 heavy (non-hydrogen) atoms. The number of hydrogen-bond donors (Lipinski definition) is 1. The van der Waals surface area contributed by atoms with Crippen molar-refractivity contribution in [1.29, 1.82) is 0 Å². The molecule has 72 valence electrons. The second-order valence-corrected chi connectivity index (χ2v) is 3.50. The number of hydrogen-bond acceptors (Lipinski definition) is 2. The molecule has 0 radical (unpaired) electrons. The molecule has 0 unspecified atom stereocenters. The summed E-state index contributed by atoms with van der Waals surface area (Å²) >= 11 is 0. The number of benzene rings is 1. The maximum Gasteiger partial charge on any atom is 0.0396 e. The van der Waals surface area contributed by atoms with Crippen molar-refractivity contribution in [3.63, 3.8) is 0 Å². The number of anilines is 1. The normalized spacial score (nSPS) is 10.2. The lowest BCUT2D eigenvalue weighted by Gasteiger charge is -2.20. The van der Waals surface area contributed by atoms with Crippen LogP contribution in [0, 0.1) is 13.8 Å². The van der Waals surface area contributed by atoms with Crippen LogP contribution in [0.1, 0.15) is 11.1 Å². The van der Waals surface area contributed by atoms with Crippen molar-refractivity contribution in [2.24, 2.45) is 5.73 Å². The lowest BCUT2D eigenvalue weighted by molar-refractivity contribution is 0.881. The highest BCUT2D eigenvalue weighted by Gasteiger charge is 2.02. The van der Waals surface area contributed by atoms with Crippen molar-refractivity contribution in [3.8, 4) is 0 Å². The smallest absolute Gasteiger partial charge is 0.0396 e. The predicted octanol–water partition coefficient (Wildman–Crippen LogP) is 1.70. The van der Waals surface area contributed by atoms with E-state index in [4.69, 9.17) is 5.73 Å². The van der Waals surface area contributed by atoms with Gasteiger partial charge in [0.2, 0.25) is 0 Å². The zero-order chi connectivity index (χ0) is 9.84. The summed E-state index contributed by atoms with van der Waals surface area (Å²) in [5.74, 6) is 0. The van der Waals surface area contributed by atoms with Crippen LogP contribution in [-0.2, 0) is 0 Å². The van der Waals surface area contributed by atoms with E-state index in [1.165, 1.54) is 16.8 Å². The van der Waals surface area contributed by atoms with Gasteiger partial charge in [-0.15, -0.1) is 0 Å². The maximum atomic E-state index is 5.51. The molecule has 2 N–H and O–H groups in total. The molecule has 0 aliphatic heterocycles. The van der Waals surface area contributed by atoms with E-state index in [0.717, 1.165) is 6.54 Å². The van der Waals surface area contributed by atoms with Gasteiger partial charge in [-0.1, -0.05) is 12.1 Å². The average Bonchev–Trinajstić information content (AvgIpc) is 2.09. The molecular formula is C11H18N2. The quantitative estimate of drug-likeness (QED) is 0.763. The van der Waals surface area contributed by atoms with Gasteiger partial charge in [-0.25, -0.2) is 0 Å². The SMILES string of the molecule is Cc1ccc(C)c(N(C)CCN)c1. The summed E-state index contributed by atoms with van der Waals surface area (Å²) in [6, 6.07) is 6.48. The highest BCUT2D eigenvalue weighted by atomic mass is 15.1. The van der Waals surface area contributed by atoms with Gasteiger partial charge in [0.05, 0.1) is 0 Å². The summed E-state index contributed by atoms with van der Waals surface area (Å²) in [7, 11) is 2.08. The standard InChI is InChI=1S/C11H18N2/c1-9-4-5-10(2)11(8-9)13(3)7-6-12/h4-5,8H,6-7,12H2,1-3H3. The van der Waals surface area contributed by atoms with Crippen LogP contribution in [0.4, 0.5) is 5.69 Å². The lowest BCUT2D eigenvalue weighted by Crippen LogP contribution is -2.25. The Hall–Kier alpha value is -1.02. The Balaban J connectivity index is 2.91. The number of rotatable bonds is 3. The third kappa shape index (κ3) is 2.46. The fourth-order valence-electron chi connectivity index (χ4n) is 1.44. The van der Waals surface area contributed by atoms with Crippen LogP contribution in [0.5, 0.6) is 0 Å². The van der Waals surface area contributed by atoms with Crippen LogP contribution in [0.2, 0.25) is 0 Å². The van der Waals surface area contributed by atoms with E-state index in [2.05, 4.69) is 44.0 Å². The molecule has 0 saturated carbocycles. The van der Waals surface area contributed by atoms with E-state index in [1.807, 2.05) is 0 Å². The van der Waals surface area contributed by atoms with E-state index in [0.29, 0.717) is 6.54 Å². The Morgan fingerprint density at radius 3 is 2.62 bits per heavy atom. The molecule has 2 heteroatoms. The highest BCUT2D eigenvalue weighted by Crippen LogP contribution is 2.19. The third-order valence-electron chi connectivity index (χ3n) is 2.24. The Kier molecular flexibility index (Phi) is 3.32. The van der Waals surface area contributed by atoms with Crippen molar-refractivity contribution in [1.82, 2.24) is 0 Å². The molecule has 0 fully saturated rings. The van der Waals surface area contributed by atoms with Gasteiger partial charge in [-0.2, -0.15) is 0 Å². The minimum absolute atomic E-state index is 0.698. The fraction of sp³-hybridized carbons (Fsp3) is 0.455. The van der Waals surface area contributed by atoms with Gasteiger partial charge in [0.15, 0.2) is 0 Å². The topological polar surface area (TPSA) is 29.3 Å². The summed E-state index contributed by atoms with van der Waals surface area (Å²) in [6.07, 6.45) is 0. The Morgan fingerprint density at radius 2 is 2.00 bits per heavy atom. The Morgan fingerprint density at radius 1 is 1.31 bits per heavy atom. The molecule has 1 rings (SSSR count). The van der Waals surface area contributed by atoms with Gasteiger partial charge in [-0.3, -0.25) is 0 Å². The molecule has 1 aromatic carbocycles. The van der Waals surface area contributed by atoms with Crippen molar-refractivity contribution in [2.75, 3.05) is 25.0 Å². The predicted molar refractivity (Wildman–Crippen MR) is 58.2 cm³/mol. The van der Waals surface area contributed by atoms with Crippen molar-refractivity contribution in [2.45, 2.75) is 13.8 Å². The first-order valence-electron chi connectivity index (χ1n) is 4.63. The highest BCUT2D eigenvalue weighted by molar-refractivity contribution is 5.54. The van der Waals surface area contributed by atoms with E-state index >= 15 is 0 Å². The minimum Gasteiger partial charge on any atom is -0.373 e. The summed E-state index contributed by atoms with van der Waals surface area (Å²) in [6.45, 7) is 5.84. The molecule has 0 spiro atoms. The number of likely N-dealkylation sites (N-methyl/N-ethyl adjacent to an activating group) is 1. The largest absolute Gasteiger partial charge is 0.373 e. The van der Waals surface area contributed by atoms with Gasteiger partial charge >= 0.3 is 0 Å². The number of aryl methyl sites for hydroxylation is 2. The maximum absolute atomic E-state index is 5.51. The zero-order valence-corrected chi connectivity index (χ0v) is 8.67. The molecule has 0 aliphatic rings. The van der Waals surface area contributed by atoms with Crippen LogP contribution in [0.3, 0.4) is 0 Å². The lowest BCUT2D eigenvalue weighted by atomic mass is 10.1. The monoisotopic (exact) mass is 178 g/mol. The average molecular weight is 178 g/mol. The second-order valence-electron chi connectivity index (χ2n) is 3.50. The van der Waals surface area contributed by atoms with E-state index in [-0.39, 0.29) is 0 Å². The molecule has 1 aromatic rings. The minimum atomic E-state index is 0.698. The molecule has 2 nitrogen and oxygen atoms in total. The van der Waals surface area contributed by atoms with Gasteiger partial charge in [0.25, 0.3) is 0 Å². The van der Waals surface area contributed by atoms with Crippen LogP contribution < -0.4 is 10.6 Å². The van der Waals surface area contributed by atoms with Gasteiger partial charge in [0.1, 0.15) is 0 Å². The van der Waals surface area contributed by atoms with Crippen LogP contribution in [-0.4, -0.2) is 20.1 Å². The molecule has 0 atom stereocenters. The first-order chi connectivity index (χ1) is 6.15. The molecule has 0 bridgehead atoms. The van der Waals surface area contributed by atoms with E-state index in [9.17, 15) is 0 Å². The second kappa shape index (κ2) is 4.28. The van der Waals surface area contributed by atoms with E-state index in [1.54, 1.807) is 0 Å². The Labute approximate surface area is 80.4 Å². The van der Waals surface area contributed by atoms with Crippen LogP contribution in [0.25, 0.3) is 0 Å². The molecule has 0 aromatic heterocycles.